The number of alkyl halides is 2. The highest BCUT2D eigenvalue weighted by Gasteiger charge is 2.28. The second kappa shape index (κ2) is 8.06. The first-order valence-electron chi connectivity index (χ1n) is 7.69. The van der Waals surface area contributed by atoms with Crippen LogP contribution in [0.25, 0.3) is 6.08 Å². The molecule has 1 heterocycles. The van der Waals surface area contributed by atoms with E-state index in [1.807, 2.05) is 0 Å². The van der Waals surface area contributed by atoms with Gasteiger partial charge in [0, 0.05) is 12.6 Å². The number of carbonyl (C=O) groups excluding carboxylic acids is 1. The third-order valence-corrected chi connectivity index (χ3v) is 3.91. The molecule has 0 spiro atoms. The Bertz CT molecular complexity index is 543. The van der Waals surface area contributed by atoms with E-state index in [0.717, 1.165) is 19.3 Å². The van der Waals surface area contributed by atoms with E-state index in [0.29, 0.717) is 12.1 Å². The molecule has 1 fully saturated rings. The SMILES string of the molecule is CC(O)C1CCCCN1C(=O)/C=C/c1ccc(OC(F)F)cc1. The van der Waals surface area contributed by atoms with E-state index in [4.69, 9.17) is 0 Å². The van der Waals surface area contributed by atoms with Crippen molar-refractivity contribution in [3.05, 3.63) is 35.9 Å². The van der Waals surface area contributed by atoms with Crippen LogP contribution in [0.2, 0.25) is 0 Å². The molecule has 6 heteroatoms. The van der Waals surface area contributed by atoms with Gasteiger partial charge in [-0.2, -0.15) is 8.78 Å². The molecular formula is C17H21F2NO3. The van der Waals surface area contributed by atoms with Crippen LogP contribution in [0.3, 0.4) is 0 Å². The number of piperidine rings is 1. The summed E-state index contributed by atoms with van der Waals surface area (Å²) < 4.78 is 28.4. The molecule has 1 aliphatic rings. The monoisotopic (exact) mass is 325 g/mol. The van der Waals surface area contributed by atoms with Crippen molar-refractivity contribution in [1.82, 2.24) is 4.90 Å². The molecule has 1 amide bonds. The number of hydrogen-bond donors (Lipinski definition) is 1. The number of halogens is 2. The van der Waals surface area contributed by atoms with E-state index in [1.54, 1.807) is 30.0 Å². The van der Waals surface area contributed by atoms with Crippen LogP contribution >= 0.6 is 0 Å². The first-order chi connectivity index (χ1) is 11.0. The highest BCUT2D eigenvalue weighted by atomic mass is 19.3. The molecule has 1 saturated heterocycles. The maximum Gasteiger partial charge on any atom is 0.387 e. The lowest BCUT2D eigenvalue weighted by Crippen LogP contribution is -2.48. The van der Waals surface area contributed by atoms with Crippen molar-refractivity contribution in [2.24, 2.45) is 0 Å². The molecule has 0 aliphatic carbocycles. The Morgan fingerprint density at radius 1 is 1.35 bits per heavy atom. The molecule has 1 aliphatic heterocycles. The van der Waals surface area contributed by atoms with Gasteiger partial charge in [-0.05, 0) is 50.0 Å². The molecule has 2 rings (SSSR count). The van der Waals surface area contributed by atoms with Crippen molar-refractivity contribution < 1.29 is 23.4 Å². The van der Waals surface area contributed by atoms with E-state index in [2.05, 4.69) is 4.74 Å². The minimum Gasteiger partial charge on any atom is -0.435 e. The van der Waals surface area contributed by atoms with Crippen LogP contribution in [0.15, 0.2) is 30.3 Å². The molecule has 0 saturated carbocycles. The minimum absolute atomic E-state index is 0.0775. The molecule has 1 aromatic carbocycles. The number of benzene rings is 1. The largest absolute Gasteiger partial charge is 0.435 e. The lowest BCUT2D eigenvalue weighted by Gasteiger charge is -2.36. The lowest BCUT2D eigenvalue weighted by atomic mass is 9.98. The summed E-state index contributed by atoms with van der Waals surface area (Å²) in [4.78, 5) is 14.0. The Morgan fingerprint density at radius 2 is 2.04 bits per heavy atom. The second-order valence-corrected chi connectivity index (χ2v) is 5.62. The van der Waals surface area contributed by atoms with Crippen molar-refractivity contribution in [3.63, 3.8) is 0 Å². The summed E-state index contributed by atoms with van der Waals surface area (Å²) in [6.45, 7) is -0.517. The minimum atomic E-state index is -2.85. The Labute approximate surface area is 134 Å². The summed E-state index contributed by atoms with van der Waals surface area (Å²) >= 11 is 0. The van der Waals surface area contributed by atoms with Gasteiger partial charge < -0.3 is 14.7 Å². The van der Waals surface area contributed by atoms with Gasteiger partial charge in [0.15, 0.2) is 0 Å². The van der Waals surface area contributed by atoms with Crippen LogP contribution in [-0.4, -0.2) is 41.2 Å². The van der Waals surface area contributed by atoms with Gasteiger partial charge in [0.1, 0.15) is 5.75 Å². The number of nitrogens with zero attached hydrogens (tertiary/aromatic N) is 1. The van der Waals surface area contributed by atoms with Crippen LogP contribution < -0.4 is 4.74 Å². The highest BCUT2D eigenvalue weighted by Crippen LogP contribution is 2.21. The van der Waals surface area contributed by atoms with Crippen LogP contribution in [0.4, 0.5) is 8.78 Å². The molecule has 1 N–H and O–H groups in total. The summed E-state index contributed by atoms with van der Waals surface area (Å²) in [6.07, 6.45) is 5.26. The van der Waals surface area contributed by atoms with Crippen LogP contribution in [0, 0.1) is 0 Å². The van der Waals surface area contributed by atoms with Crippen molar-refractivity contribution >= 4 is 12.0 Å². The number of ether oxygens (including phenoxy) is 1. The average molecular weight is 325 g/mol. The first kappa shape index (κ1) is 17.4. The zero-order chi connectivity index (χ0) is 16.8. The Balaban J connectivity index is 1.99. The van der Waals surface area contributed by atoms with Gasteiger partial charge in [-0.25, -0.2) is 0 Å². The number of aliphatic hydroxyl groups excluding tert-OH is 1. The van der Waals surface area contributed by atoms with Crippen molar-refractivity contribution in [2.75, 3.05) is 6.54 Å². The zero-order valence-electron chi connectivity index (χ0n) is 13.0. The molecule has 0 aromatic heterocycles. The van der Waals surface area contributed by atoms with Gasteiger partial charge >= 0.3 is 6.61 Å². The predicted octanol–water partition coefficient (Wildman–Crippen LogP) is 3.06. The predicted molar refractivity (Wildman–Crippen MR) is 83.1 cm³/mol. The highest BCUT2D eigenvalue weighted by molar-refractivity contribution is 5.92. The standard InChI is InChI=1S/C17H21F2NO3/c1-12(21)15-4-2-3-11-20(15)16(22)10-7-13-5-8-14(9-6-13)23-17(18)19/h5-10,12,15,17,21H,2-4,11H2,1H3/b10-7+. The smallest absolute Gasteiger partial charge is 0.387 e. The average Bonchev–Trinajstić information content (AvgIpc) is 2.53. The molecule has 0 radical (unpaired) electrons. The number of aliphatic hydroxyl groups is 1. The van der Waals surface area contributed by atoms with Gasteiger partial charge in [-0.15, -0.1) is 0 Å². The molecule has 2 unspecified atom stereocenters. The van der Waals surface area contributed by atoms with E-state index >= 15 is 0 Å². The van der Waals surface area contributed by atoms with Crippen LogP contribution in [-0.2, 0) is 4.79 Å². The lowest BCUT2D eigenvalue weighted by molar-refractivity contribution is -0.132. The quantitative estimate of drug-likeness (QED) is 0.847. The van der Waals surface area contributed by atoms with Gasteiger partial charge in [0.2, 0.25) is 5.91 Å². The van der Waals surface area contributed by atoms with Crippen molar-refractivity contribution in [1.29, 1.82) is 0 Å². The molecular weight excluding hydrogens is 304 g/mol. The van der Waals surface area contributed by atoms with Crippen LogP contribution in [0.1, 0.15) is 31.7 Å². The fraction of sp³-hybridized carbons (Fsp3) is 0.471. The third kappa shape index (κ3) is 5.03. The molecule has 2 atom stereocenters. The normalized spacial score (nSPS) is 20.0. The van der Waals surface area contributed by atoms with Crippen molar-refractivity contribution in [2.45, 2.75) is 44.9 Å². The second-order valence-electron chi connectivity index (χ2n) is 5.62. The molecule has 23 heavy (non-hydrogen) atoms. The Hall–Kier alpha value is -1.95. The number of hydrogen-bond acceptors (Lipinski definition) is 3. The summed E-state index contributed by atoms with van der Waals surface area (Å²) in [5.74, 6) is -0.0721. The summed E-state index contributed by atoms with van der Waals surface area (Å²) in [7, 11) is 0. The fourth-order valence-electron chi connectivity index (χ4n) is 2.76. The number of rotatable bonds is 5. The molecule has 1 aromatic rings. The summed E-state index contributed by atoms with van der Waals surface area (Å²) in [6, 6.07) is 5.90. The summed E-state index contributed by atoms with van der Waals surface area (Å²) in [5, 5.41) is 9.79. The first-order valence-corrected chi connectivity index (χ1v) is 7.69. The Morgan fingerprint density at radius 3 is 2.65 bits per heavy atom. The van der Waals surface area contributed by atoms with Gasteiger partial charge in [-0.1, -0.05) is 12.1 Å². The van der Waals surface area contributed by atoms with Gasteiger partial charge in [0.05, 0.1) is 12.1 Å². The van der Waals surface area contributed by atoms with E-state index in [1.165, 1.54) is 18.2 Å². The number of carbonyl (C=O) groups is 1. The maximum atomic E-state index is 12.3. The van der Waals surface area contributed by atoms with Gasteiger partial charge in [0.25, 0.3) is 0 Å². The molecule has 0 bridgehead atoms. The number of amides is 1. The van der Waals surface area contributed by atoms with E-state index in [-0.39, 0.29) is 17.7 Å². The fourth-order valence-corrected chi connectivity index (χ4v) is 2.76. The van der Waals surface area contributed by atoms with Crippen LogP contribution in [0.5, 0.6) is 5.75 Å². The third-order valence-electron chi connectivity index (χ3n) is 3.91. The van der Waals surface area contributed by atoms with E-state index < -0.39 is 12.7 Å². The van der Waals surface area contributed by atoms with Gasteiger partial charge in [-0.3, -0.25) is 4.79 Å². The topological polar surface area (TPSA) is 49.8 Å². The number of likely N-dealkylation sites (tertiary alicyclic amines) is 1. The Kier molecular flexibility index (Phi) is 6.10. The van der Waals surface area contributed by atoms with Crippen molar-refractivity contribution in [3.8, 4) is 5.75 Å². The zero-order valence-corrected chi connectivity index (χ0v) is 13.0. The maximum absolute atomic E-state index is 12.3. The molecule has 126 valence electrons. The van der Waals surface area contributed by atoms with E-state index in [9.17, 15) is 18.7 Å². The molecule has 4 nitrogen and oxygen atoms in total. The summed E-state index contributed by atoms with van der Waals surface area (Å²) in [5.41, 5.74) is 0.713.